The fraction of sp³-hybridized carbons (Fsp3) is 0.750. The first kappa shape index (κ1) is 14.6. The number of thiazole rings is 1. The van der Waals surface area contributed by atoms with Crippen LogP contribution in [0.2, 0.25) is 0 Å². The van der Waals surface area contributed by atoms with E-state index in [9.17, 15) is 5.11 Å². The van der Waals surface area contributed by atoms with E-state index in [-0.39, 0.29) is 6.10 Å². The molecule has 1 unspecified atom stereocenters. The minimum Gasteiger partial charge on any atom is -0.389 e. The Bertz CT molecular complexity index is 315. The van der Waals surface area contributed by atoms with Crippen LogP contribution in [0.4, 0.5) is 0 Å². The molecule has 0 spiro atoms. The van der Waals surface area contributed by atoms with E-state index in [0.29, 0.717) is 13.2 Å². The van der Waals surface area contributed by atoms with Crippen LogP contribution in [0.3, 0.4) is 0 Å². The number of aromatic nitrogens is 1. The van der Waals surface area contributed by atoms with Crippen LogP contribution in [0.15, 0.2) is 5.38 Å². The molecule has 0 aliphatic carbocycles. The molecule has 0 radical (unpaired) electrons. The van der Waals surface area contributed by atoms with Gasteiger partial charge in [-0.1, -0.05) is 0 Å². The van der Waals surface area contributed by atoms with Crippen LogP contribution in [-0.2, 0) is 11.2 Å². The third-order valence-corrected chi connectivity index (χ3v) is 3.05. The van der Waals surface area contributed by atoms with Gasteiger partial charge in [-0.3, -0.25) is 0 Å². The number of rotatable bonds is 8. The summed E-state index contributed by atoms with van der Waals surface area (Å²) < 4.78 is 5.32. The summed E-state index contributed by atoms with van der Waals surface area (Å²) in [5.41, 5.74) is 1.12. The molecule has 4 nitrogen and oxygen atoms in total. The second-order valence-electron chi connectivity index (χ2n) is 4.35. The van der Waals surface area contributed by atoms with Crippen LogP contribution in [0.25, 0.3) is 0 Å². The van der Waals surface area contributed by atoms with Crippen LogP contribution in [0.5, 0.6) is 0 Å². The molecule has 1 rings (SSSR count). The second kappa shape index (κ2) is 7.76. The standard InChI is InChI=1S/C12H22N2O2S/c1-9(2)16-7-12(15)6-13-5-4-11-8-17-10(3)14-11/h8-9,12-13,15H,4-7H2,1-3H3. The molecule has 0 aromatic carbocycles. The van der Waals surface area contributed by atoms with Gasteiger partial charge in [0.05, 0.1) is 29.5 Å². The fourth-order valence-corrected chi connectivity index (χ4v) is 2.02. The summed E-state index contributed by atoms with van der Waals surface area (Å²) in [6.07, 6.45) is 0.638. The van der Waals surface area contributed by atoms with E-state index in [1.165, 1.54) is 0 Å². The van der Waals surface area contributed by atoms with Crippen molar-refractivity contribution >= 4 is 11.3 Å². The Morgan fingerprint density at radius 3 is 2.88 bits per heavy atom. The molecule has 0 bridgehead atoms. The van der Waals surface area contributed by atoms with Crippen molar-refractivity contribution in [2.24, 2.45) is 0 Å². The lowest BCUT2D eigenvalue weighted by atomic mass is 10.3. The van der Waals surface area contributed by atoms with E-state index in [1.807, 2.05) is 20.8 Å². The number of ether oxygens (including phenoxy) is 1. The van der Waals surface area contributed by atoms with E-state index < -0.39 is 6.10 Å². The lowest BCUT2D eigenvalue weighted by molar-refractivity contribution is 0.00651. The molecule has 1 atom stereocenters. The summed E-state index contributed by atoms with van der Waals surface area (Å²) in [5, 5.41) is 16.0. The number of aliphatic hydroxyl groups excluding tert-OH is 1. The third-order valence-electron chi connectivity index (χ3n) is 2.23. The van der Waals surface area contributed by atoms with E-state index in [4.69, 9.17) is 4.74 Å². The highest BCUT2D eigenvalue weighted by Gasteiger charge is 2.05. The van der Waals surface area contributed by atoms with Crippen LogP contribution >= 0.6 is 11.3 Å². The van der Waals surface area contributed by atoms with E-state index in [1.54, 1.807) is 11.3 Å². The number of nitrogens with zero attached hydrogens (tertiary/aromatic N) is 1. The highest BCUT2D eigenvalue weighted by Crippen LogP contribution is 2.07. The lowest BCUT2D eigenvalue weighted by Crippen LogP contribution is -2.32. The molecule has 0 amide bonds. The summed E-state index contributed by atoms with van der Waals surface area (Å²) in [4.78, 5) is 4.38. The fourth-order valence-electron chi connectivity index (χ4n) is 1.37. The van der Waals surface area contributed by atoms with E-state index >= 15 is 0 Å². The molecule has 1 aromatic rings. The first-order valence-corrected chi connectivity index (χ1v) is 6.87. The maximum atomic E-state index is 9.60. The highest BCUT2D eigenvalue weighted by atomic mass is 32.1. The largest absolute Gasteiger partial charge is 0.389 e. The van der Waals surface area contributed by atoms with Crippen LogP contribution in [0.1, 0.15) is 24.5 Å². The zero-order valence-electron chi connectivity index (χ0n) is 10.8. The molecular weight excluding hydrogens is 236 g/mol. The molecule has 0 aliphatic rings. The Labute approximate surface area is 107 Å². The Morgan fingerprint density at radius 2 is 2.29 bits per heavy atom. The van der Waals surface area contributed by atoms with Crippen molar-refractivity contribution in [2.75, 3.05) is 19.7 Å². The first-order chi connectivity index (χ1) is 8.08. The number of hydrogen-bond donors (Lipinski definition) is 2. The number of nitrogens with one attached hydrogen (secondary N) is 1. The molecule has 98 valence electrons. The van der Waals surface area contributed by atoms with Gasteiger partial charge in [-0.15, -0.1) is 11.3 Å². The van der Waals surface area contributed by atoms with E-state index in [2.05, 4.69) is 15.7 Å². The Kier molecular flexibility index (Phi) is 6.65. The molecule has 1 heterocycles. The van der Waals surface area contributed by atoms with Gasteiger partial charge in [0.2, 0.25) is 0 Å². The average molecular weight is 258 g/mol. The quantitative estimate of drug-likeness (QED) is 0.692. The van der Waals surface area contributed by atoms with Crippen molar-refractivity contribution in [1.82, 2.24) is 10.3 Å². The topological polar surface area (TPSA) is 54.4 Å². The van der Waals surface area contributed by atoms with Gasteiger partial charge >= 0.3 is 0 Å². The Hall–Kier alpha value is -0.490. The summed E-state index contributed by atoms with van der Waals surface area (Å²) in [5.74, 6) is 0. The molecule has 0 saturated heterocycles. The maximum absolute atomic E-state index is 9.60. The van der Waals surface area contributed by atoms with Gasteiger partial charge in [0, 0.05) is 24.9 Å². The Balaban J connectivity index is 2.03. The van der Waals surface area contributed by atoms with Crippen molar-refractivity contribution in [3.8, 4) is 0 Å². The smallest absolute Gasteiger partial charge is 0.0897 e. The van der Waals surface area contributed by atoms with Crippen molar-refractivity contribution in [3.63, 3.8) is 0 Å². The van der Waals surface area contributed by atoms with Gasteiger partial charge in [0.1, 0.15) is 0 Å². The van der Waals surface area contributed by atoms with Crippen LogP contribution in [-0.4, -0.2) is 42.0 Å². The van der Waals surface area contributed by atoms with Crippen LogP contribution < -0.4 is 5.32 Å². The number of aryl methyl sites for hydroxylation is 1. The van der Waals surface area contributed by atoms with Crippen molar-refractivity contribution in [1.29, 1.82) is 0 Å². The normalized spacial score (nSPS) is 13.2. The van der Waals surface area contributed by atoms with Gasteiger partial charge in [0.25, 0.3) is 0 Å². The Morgan fingerprint density at radius 1 is 1.53 bits per heavy atom. The maximum Gasteiger partial charge on any atom is 0.0897 e. The zero-order valence-corrected chi connectivity index (χ0v) is 11.6. The summed E-state index contributed by atoms with van der Waals surface area (Å²) >= 11 is 1.67. The van der Waals surface area contributed by atoms with E-state index in [0.717, 1.165) is 23.7 Å². The first-order valence-electron chi connectivity index (χ1n) is 5.99. The minimum absolute atomic E-state index is 0.169. The SMILES string of the molecule is Cc1nc(CCNCC(O)COC(C)C)cs1. The summed E-state index contributed by atoms with van der Waals surface area (Å²) in [6, 6.07) is 0. The molecule has 1 aromatic heterocycles. The third kappa shape index (κ3) is 6.73. The monoisotopic (exact) mass is 258 g/mol. The van der Waals surface area contributed by atoms with Gasteiger partial charge in [-0.25, -0.2) is 4.98 Å². The highest BCUT2D eigenvalue weighted by molar-refractivity contribution is 7.09. The molecule has 2 N–H and O–H groups in total. The van der Waals surface area contributed by atoms with Crippen LogP contribution in [0, 0.1) is 6.92 Å². The molecular formula is C12H22N2O2S. The average Bonchev–Trinajstić information content (AvgIpc) is 2.68. The summed E-state index contributed by atoms with van der Waals surface area (Å²) in [6.45, 7) is 7.72. The van der Waals surface area contributed by atoms with Crippen molar-refractivity contribution < 1.29 is 9.84 Å². The van der Waals surface area contributed by atoms with Gasteiger partial charge in [0.15, 0.2) is 0 Å². The van der Waals surface area contributed by atoms with Gasteiger partial charge in [-0.2, -0.15) is 0 Å². The predicted molar refractivity (Wildman–Crippen MR) is 70.5 cm³/mol. The number of aliphatic hydroxyl groups is 1. The molecule has 5 heteroatoms. The number of hydrogen-bond acceptors (Lipinski definition) is 5. The molecule has 0 aliphatic heterocycles. The molecule has 17 heavy (non-hydrogen) atoms. The predicted octanol–water partition coefficient (Wildman–Crippen LogP) is 1.37. The van der Waals surface area contributed by atoms with Gasteiger partial charge in [-0.05, 0) is 20.8 Å². The molecule has 0 saturated carbocycles. The zero-order chi connectivity index (χ0) is 12.7. The second-order valence-corrected chi connectivity index (χ2v) is 5.41. The lowest BCUT2D eigenvalue weighted by Gasteiger charge is -2.13. The van der Waals surface area contributed by atoms with Crippen molar-refractivity contribution in [2.45, 2.75) is 39.4 Å². The van der Waals surface area contributed by atoms with Gasteiger partial charge < -0.3 is 15.2 Å². The minimum atomic E-state index is -0.436. The summed E-state index contributed by atoms with van der Waals surface area (Å²) in [7, 11) is 0. The molecule has 0 fully saturated rings. The van der Waals surface area contributed by atoms with Crippen molar-refractivity contribution in [3.05, 3.63) is 16.1 Å².